The predicted octanol–water partition coefficient (Wildman–Crippen LogP) is 0.559. The number of hydrogen-bond acceptors (Lipinski definition) is 3. The predicted molar refractivity (Wildman–Crippen MR) is 50.4 cm³/mol. The second-order valence-corrected chi connectivity index (χ2v) is 3.41. The summed E-state index contributed by atoms with van der Waals surface area (Å²) in [5.74, 6) is 0. The molecule has 3 nitrogen and oxygen atoms in total. The molecule has 0 aliphatic carbocycles. The van der Waals surface area contributed by atoms with Crippen LogP contribution in [0.25, 0.3) is 0 Å². The van der Waals surface area contributed by atoms with Gasteiger partial charge in [-0.15, -0.1) is 0 Å². The zero-order valence-corrected chi connectivity index (χ0v) is 7.58. The molecule has 2 radical (unpaired) electrons. The highest BCUT2D eigenvalue weighted by Crippen LogP contribution is 2.32. The van der Waals surface area contributed by atoms with Gasteiger partial charge in [0, 0.05) is 0 Å². The van der Waals surface area contributed by atoms with Gasteiger partial charge in [0.15, 0.2) is 0 Å². The molecule has 2 N–H and O–H groups in total. The molecule has 0 saturated carbocycles. The molecule has 3 heteroatoms. The average Bonchev–Trinajstić information content (AvgIpc) is 2.47. The van der Waals surface area contributed by atoms with Crippen LogP contribution < -0.4 is 0 Å². The van der Waals surface area contributed by atoms with E-state index < -0.39 is 24.4 Å². The fourth-order valence-electron chi connectivity index (χ4n) is 1.62. The Labute approximate surface area is 83.0 Å². The lowest BCUT2D eigenvalue weighted by molar-refractivity contribution is 0.0200. The number of aliphatic hydroxyl groups is 2. The summed E-state index contributed by atoms with van der Waals surface area (Å²) in [6, 6.07) is 9.24. The van der Waals surface area contributed by atoms with E-state index in [1.165, 1.54) is 0 Å². The molecule has 1 aliphatic rings. The first kappa shape index (κ1) is 9.65. The highest BCUT2D eigenvalue weighted by atomic mass is 16.5. The number of rotatable bonds is 1. The first-order chi connectivity index (χ1) is 6.70. The summed E-state index contributed by atoms with van der Waals surface area (Å²) in [5.41, 5.74) is 0.826. The molecule has 2 rings (SSSR count). The standard InChI is InChI=1S/C11H12O3/c1-7-9(12)10(13)11(14-7)8-5-3-2-4-6-8/h1-7,9-13H/t7-,9?,10+,11+/m0/s1. The van der Waals surface area contributed by atoms with Crippen molar-refractivity contribution in [2.45, 2.75) is 24.4 Å². The van der Waals surface area contributed by atoms with Crippen LogP contribution >= 0.6 is 0 Å². The minimum absolute atomic E-state index is 0.527. The minimum Gasteiger partial charge on any atom is -0.388 e. The summed E-state index contributed by atoms with van der Waals surface area (Å²) >= 11 is 0. The van der Waals surface area contributed by atoms with Crippen molar-refractivity contribution in [3.63, 3.8) is 0 Å². The molecule has 1 saturated heterocycles. The Balaban J connectivity index is 2.21. The lowest BCUT2D eigenvalue weighted by Gasteiger charge is -2.14. The maximum absolute atomic E-state index is 9.63. The topological polar surface area (TPSA) is 49.7 Å². The number of benzene rings is 1. The third-order valence-electron chi connectivity index (χ3n) is 2.43. The molecule has 0 bridgehead atoms. The summed E-state index contributed by atoms with van der Waals surface area (Å²) < 4.78 is 5.25. The van der Waals surface area contributed by atoms with E-state index >= 15 is 0 Å². The van der Waals surface area contributed by atoms with Crippen LogP contribution in [0.5, 0.6) is 0 Å². The van der Waals surface area contributed by atoms with E-state index in [-0.39, 0.29) is 0 Å². The van der Waals surface area contributed by atoms with Crippen LogP contribution in [0.15, 0.2) is 30.3 Å². The molecule has 1 heterocycles. The van der Waals surface area contributed by atoms with Crippen LogP contribution in [0.4, 0.5) is 0 Å². The molecule has 14 heavy (non-hydrogen) atoms. The van der Waals surface area contributed by atoms with Crippen molar-refractivity contribution in [1.29, 1.82) is 0 Å². The molecule has 1 aromatic rings. The molecule has 4 atom stereocenters. The van der Waals surface area contributed by atoms with Gasteiger partial charge < -0.3 is 14.9 Å². The Morgan fingerprint density at radius 2 is 1.71 bits per heavy atom. The second kappa shape index (κ2) is 3.69. The Morgan fingerprint density at radius 3 is 2.21 bits per heavy atom. The van der Waals surface area contributed by atoms with Crippen LogP contribution in [0.1, 0.15) is 11.7 Å². The smallest absolute Gasteiger partial charge is 0.113 e. The molecule has 1 fully saturated rings. The highest BCUT2D eigenvalue weighted by Gasteiger charge is 2.40. The van der Waals surface area contributed by atoms with Gasteiger partial charge in [0.1, 0.15) is 18.3 Å². The average molecular weight is 192 g/mol. The monoisotopic (exact) mass is 192 g/mol. The molecule has 0 aromatic heterocycles. The Hall–Kier alpha value is -0.900. The maximum atomic E-state index is 9.63. The van der Waals surface area contributed by atoms with Crippen LogP contribution in [-0.4, -0.2) is 28.5 Å². The first-order valence-electron chi connectivity index (χ1n) is 4.52. The van der Waals surface area contributed by atoms with Crippen LogP contribution in [0.3, 0.4) is 0 Å². The molecule has 1 aliphatic heterocycles. The normalized spacial score (nSPS) is 37.4. The van der Waals surface area contributed by atoms with Gasteiger partial charge in [0.25, 0.3) is 0 Å². The third kappa shape index (κ3) is 1.54. The van der Waals surface area contributed by atoms with Crippen molar-refractivity contribution in [3.8, 4) is 0 Å². The molecule has 74 valence electrons. The fourth-order valence-corrected chi connectivity index (χ4v) is 1.62. The number of ether oxygens (including phenoxy) is 1. The first-order valence-corrected chi connectivity index (χ1v) is 4.52. The van der Waals surface area contributed by atoms with E-state index in [1.807, 2.05) is 30.3 Å². The van der Waals surface area contributed by atoms with E-state index in [9.17, 15) is 10.2 Å². The van der Waals surface area contributed by atoms with E-state index in [1.54, 1.807) is 0 Å². The number of hydrogen-bond donors (Lipinski definition) is 2. The van der Waals surface area contributed by atoms with Gasteiger partial charge in [-0.05, 0) is 12.5 Å². The van der Waals surface area contributed by atoms with E-state index in [2.05, 4.69) is 0 Å². The van der Waals surface area contributed by atoms with Gasteiger partial charge >= 0.3 is 0 Å². The van der Waals surface area contributed by atoms with Crippen LogP contribution in [0.2, 0.25) is 0 Å². The van der Waals surface area contributed by atoms with Crippen LogP contribution in [0, 0.1) is 6.92 Å². The fraction of sp³-hybridized carbons (Fsp3) is 0.364. The van der Waals surface area contributed by atoms with E-state index in [4.69, 9.17) is 11.7 Å². The molecule has 0 amide bonds. The quantitative estimate of drug-likeness (QED) is 0.683. The highest BCUT2D eigenvalue weighted by molar-refractivity contribution is 5.20. The summed E-state index contributed by atoms with van der Waals surface area (Å²) in [6.45, 7) is 5.46. The lowest BCUT2D eigenvalue weighted by Crippen LogP contribution is -2.28. The molecule has 1 unspecified atom stereocenters. The van der Waals surface area contributed by atoms with Gasteiger partial charge in [-0.25, -0.2) is 0 Å². The SMILES string of the molecule is [CH][C@@H]1O[C@H](c2ccccc2)[C@H](O)C1O. The maximum Gasteiger partial charge on any atom is 0.113 e. The van der Waals surface area contributed by atoms with Crippen molar-refractivity contribution in [2.75, 3.05) is 0 Å². The second-order valence-electron chi connectivity index (χ2n) is 3.41. The van der Waals surface area contributed by atoms with Gasteiger partial charge in [0.05, 0.1) is 6.10 Å². The molecular weight excluding hydrogens is 180 g/mol. The van der Waals surface area contributed by atoms with Crippen molar-refractivity contribution in [3.05, 3.63) is 42.8 Å². The Bertz CT molecular complexity index is 299. The summed E-state index contributed by atoms with van der Waals surface area (Å²) in [7, 11) is 0. The van der Waals surface area contributed by atoms with E-state index in [0.29, 0.717) is 0 Å². The van der Waals surface area contributed by atoms with Crippen LogP contribution in [-0.2, 0) is 4.74 Å². The van der Waals surface area contributed by atoms with Gasteiger partial charge in [-0.1, -0.05) is 30.3 Å². The largest absolute Gasteiger partial charge is 0.388 e. The zero-order chi connectivity index (χ0) is 10.1. The summed E-state index contributed by atoms with van der Waals surface area (Å²) in [6.07, 6.45) is -3.30. The summed E-state index contributed by atoms with van der Waals surface area (Å²) in [5, 5.41) is 19.0. The molecular formula is C11H12O3. The lowest BCUT2D eigenvalue weighted by atomic mass is 10.0. The van der Waals surface area contributed by atoms with Crippen molar-refractivity contribution in [1.82, 2.24) is 0 Å². The van der Waals surface area contributed by atoms with E-state index in [0.717, 1.165) is 5.56 Å². The van der Waals surface area contributed by atoms with Crippen molar-refractivity contribution < 1.29 is 14.9 Å². The van der Waals surface area contributed by atoms with Crippen molar-refractivity contribution >= 4 is 0 Å². The van der Waals surface area contributed by atoms with Gasteiger partial charge in [-0.3, -0.25) is 0 Å². The molecule has 1 aromatic carbocycles. The Kier molecular flexibility index (Phi) is 2.54. The third-order valence-corrected chi connectivity index (χ3v) is 2.43. The van der Waals surface area contributed by atoms with Gasteiger partial charge in [-0.2, -0.15) is 0 Å². The molecule has 0 spiro atoms. The van der Waals surface area contributed by atoms with Gasteiger partial charge in [0.2, 0.25) is 0 Å². The zero-order valence-electron chi connectivity index (χ0n) is 7.58. The Morgan fingerprint density at radius 1 is 1.07 bits per heavy atom. The minimum atomic E-state index is -1.01. The van der Waals surface area contributed by atoms with Crippen molar-refractivity contribution in [2.24, 2.45) is 0 Å². The summed E-state index contributed by atoms with van der Waals surface area (Å²) in [4.78, 5) is 0. The number of aliphatic hydroxyl groups excluding tert-OH is 2.